The molecule has 0 spiro atoms. The molecule has 0 bridgehead atoms. The highest BCUT2D eigenvalue weighted by Gasteiger charge is 2.18. The van der Waals surface area contributed by atoms with Gasteiger partial charge in [0.15, 0.2) is 0 Å². The molecule has 0 amide bonds. The van der Waals surface area contributed by atoms with E-state index in [0.717, 1.165) is 25.1 Å². The van der Waals surface area contributed by atoms with E-state index in [9.17, 15) is 0 Å². The summed E-state index contributed by atoms with van der Waals surface area (Å²) >= 11 is 0. The van der Waals surface area contributed by atoms with Gasteiger partial charge < -0.3 is 10.4 Å². The van der Waals surface area contributed by atoms with Gasteiger partial charge in [-0.15, -0.1) is 0 Å². The van der Waals surface area contributed by atoms with Gasteiger partial charge in [0.25, 0.3) is 0 Å². The van der Waals surface area contributed by atoms with Crippen molar-refractivity contribution in [1.29, 1.82) is 0 Å². The second-order valence-electron chi connectivity index (χ2n) is 4.63. The van der Waals surface area contributed by atoms with Crippen molar-refractivity contribution in [3.05, 3.63) is 12.3 Å². The van der Waals surface area contributed by atoms with E-state index in [4.69, 9.17) is 5.11 Å². The van der Waals surface area contributed by atoms with E-state index in [0.29, 0.717) is 5.41 Å². The van der Waals surface area contributed by atoms with Crippen molar-refractivity contribution in [3.63, 3.8) is 0 Å². The van der Waals surface area contributed by atoms with E-state index in [-0.39, 0.29) is 6.61 Å². The van der Waals surface area contributed by atoms with Gasteiger partial charge in [-0.25, -0.2) is 0 Å². The average Bonchev–Trinajstić information content (AvgIpc) is 2.38. The van der Waals surface area contributed by atoms with Crippen LogP contribution in [0.5, 0.6) is 0 Å². The lowest BCUT2D eigenvalue weighted by molar-refractivity contribution is 0.269. The monoisotopic (exact) mass is 243 g/mol. The van der Waals surface area contributed by atoms with Crippen LogP contribution >= 0.6 is 0 Å². The summed E-state index contributed by atoms with van der Waals surface area (Å²) in [7, 11) is 0. The predicted octanol–water partition coefficient (Wildman–Crippen LogP) is 4.10. The summed E-state index contributed by atoms with van der Waals surface area (Å²) in [6.07, 6.45) is 5.51. The fourth-order valence-corrected chi connectivity index (χ4v) is 1.49. The first-order chi connectivity index (χ1) is 8.08. The third kappa shape index (κ3) is 10.4. The summed E-state index contributed by atoms with van der Waals surface area (Å²) in [5.41, 5.74) is 1.57. The molecule has 0 fully saturated rings. The van der Waals surface area contributed by atoms with Gasteiger partial charge in [0.05, 0.1) is 0 Å². The van der Waals surface area contributed by atoms with Crippen molar-refractivity contribution in [2.24, 2.45) is 5.41 Å². The van der Waals surface area contributed by atoms with E-state index in [1.165, 1.54) is 19.3 Å². The fraction of sp³-hybridized carbons (Fsp3) is 0.867. The minimum Gasteiger partial charge on any atom is -0.396 e. The maximum Gasteiger partial charge on any atom is 0.0447 e. The number of aliphatic hydroxyl groups is 1. The predicted molar refractivity (Wildman–Crippen MR) is 78.1 cm³/mol. The Hall–Kier alpha value is -0.500. The Morgan fingerprint density at radius 1 is 1.24 bits per heavy atom. The molecule has 2 nitrogen and oxygen atoms in total. The summed E-state index contributed by atoms with van der Waals surface area (Å²) < 4.78 is 0. The number of hydrogen-bond acceptors (Lipinski definition) is 2. The number of rotatable bonds is 9. The zero-order valence-corrected chi connectivity index (χ0v) is 12.6. The standard InChI is InChI=1S/C13H27NO.C2H6/c1-5-13(4,6-2)9-8-12(3)14-10-7-11-15;1-2/h14-15H,3,5-11H2,1-2,4H3;1-2H3. The highest BCUT2D eigenvalue weighted by molar-refractivity contribution is 4.92. The minimum absolute atomic E-state index is 0.252. The van der Waals surface area contributed by atoms with Crippen molar-refractivity contribution in [3.8, 4) is 0 Å². The molecule has 0 atom stereocenters. The maximum absolute atomic E-state index is 8.64. The molecular formula is C15H33NO. The van der Waals surface area contributed by atoms with Crippen LogP contribution in [0.1, 0.15) is 66.7 Å². The van der Waals surface area contributed by atoms with Crippen LogP contribution in [-0.4, -0.2) is 18.3 Å². The first kappa shape index (κ1) is 18.9. The van der Waals surface area contributed by atoms with Crippen LogP contribution in [0.2, 0.25) is 0 Å². The van der Waals surface area contributed by atoms with E-state index >= 15 is 0 Å². The van der Waals surface area contributed by atoms with Crippen molar-refractivity contribution in [2.75, 3.05) is 13.2 Å². The Kier molecular flexibility index (Phi) is 13.3. The topological polar surface area (TPSA) is 32.3 Å². The molecule has 0 unspecified atom stereocenters. The van der Waals surface area contributed by atoms with Crippen LogP contribution in [0.3, 0.4) is 0 Å². The fourth-order valence-electron chi connectivity index (χ4n) is 1.49. The molecular weight excluding hydrogens is 210 g/mol. The molecule has 0 saturated carbocycles. The Morgan fingerprint density at radius 2 is 1.76 bits per heavy atom. The van der Waals surface area contributed by atoms with Crippen molar-refractivity contribution < 1.29 is 5.11 Å². The van der Waals surface area contributed by atoms with Crippen LogP contribution < -0.4 is 5.32 Å². The summed E-state index contributed by atoms with van der Waals surface area (Å²) in [5.74, 6) is 0. The second kappa shape index (κ2) is 12.0. The number of allylic oxidation sites excluding steroid dienone is 1. The minimum atomic E-state index is 0.252. The normalized spacial score (nSPS) is 10.5. The molecule has 0 aromatic rings. The Morgan fingerprint density at radius 3 is 2.18 bits per heavy atom. The zero-order chi connectivity index (χ0) is 13.7. The van der Waals surface area contributed by atoms with Gasteiger partial charge in [0.2, 0.25) is 0 Å². The first-order valence-corrected chi connectivity index (χ1v) is 7.10. The van der Waals surface area contributed by atoms with Gasteiger partial charge in [-0.05, 0) is 24.7 Å². The lowest BCUT2D eigenvalue weighted by Gasteiger charge is -2.27. The van der Waals surface area contributed by atoms with Crippen LogP contribution in [0.15, 0.2) is 12.3 Å². The molecule has 0 aliphatic heterocycles. The third-order valence-corrected chi connectivity index (χ3v) is 3.45. The Bertz CT molecular complexity index is 174. The van der Waals surface area contributed by atoms with E-state index < -0.39 is 0 Å². The largest absolute Gasteiger partial charge is 0.396 e. The van der Waals surface area contributed by atoms with Crippen molar-refractivity contribution in [2.45, 2.75) is 66.7 Å². The van der Waals surface area contributed by atoms with Gasteiger partial charge >= 0.3 is 0 Å². The van der Waals surface area contributed by atoms with E-state index in [1.54, 1.807) is 0 Å². The summed E-state index contributed by atoms with van der Waals surface area (Å²) in [4.78, 5) is 0. The van der Waals surface area contributed by atoms with Crippen LogP contribution in [0, 0.1) is 5.41 Å². The molecule has 0 heterocycles. The Balaban J connectivity index is 0. The van der Waals surface area contributed by atoms with Crippen LogP contribution in [0.25, 0.3) is 0 Å². The first-order valence-electron chi connectivity index (χ1n) is 7.10. The van der Waals surface area contributed by atoms with Gasteiger partial charge in [0, 0.05) is 18.8 Å². The third-order valence-electron chi connectivity index (χ3n) is 3.45. The lowest BCUT2D eigenvalue weighted by atomic mass is 9.80. The molecule has 17 heavy (non-hydrogen) atoms. The number of aliphatic hydroxyl groups excluding tert-OH is 1. The van der Waals surface area contributed by atoms with E-state index in [2.05, 4.69) is 32.7 Å². The molecule has 0 rings (SSSR count). The molecule has 0 aromatic carbocycles. The molecule has 2 heteroatoms. The number of hydrogen-bond donors (Lipinski definition) is 2. The molecule has 0 radical (unpaired) electrons. The summed E-state index contributed by atoms with van der Waals surface area (Å²) in [6, 6.07) is 0. The van der Waals surface area contributed by atoms with Gasteiger partial charge in [-0.1, -0.05) is 54.0 Å². The Labute approximate surface area is 109 Å². The smallest absolute Gasteiger partial charge is 0.0447 e. The molecule has 104 valence electrons. The van der Waals surface area contributed by atoms with Crippen molar-refractivity contribution in [1.82, 2.24) is 5.32 Å². The molecule has 0 aliphatic carbocycles. The molecule has 0 saturated heterocycles. The average molecular weight is 243 g/mol. The highest BCUT2D eigenvalue weighted by Crippen LogP contribution is 2.31. The van der Waals surface area contributed by atoms with Crippen molar-refractivity contribution >= 4 is 0 Å². The summed E-state index contributed by atoms with van der Waals surface area (Å²) in [6.45, 7) is 15.9. The highest BCUT2D eigenvalue weighted by atomic mass is 16.3. The van der Waals surface area contributed by atoms with Gasteiger partial charge in [-0.3, -0.25) is 0 Å². The zero-order valence-electron chi connectivity index (χ0n) is 12.6. The molecule has 0 aliphatic rings. The second-order valence-corrected chi connectivity index (χ2v) is 4.63. The SMILES string of the molecule is C=C(CCC(C)(CC)CC)NCCCO.CC. The van der Waals surface area contributed by atoms with Crippen LogP contribution in [-0.2, 0) is 0 Å². The van der Waals surface area contributed by atoms with Gasteiger partial charge in [-0.2, -0.15) is 0 Å². The lowest BCUT2D eigenvalue weighted by Crippen LogP contribution is -2.19. The molecule has 2 N–H and O–H groups in total. The summed E-state index contributed by atoms with van der Waals surface area (Å²) in [5, 5.41) is 11.9. The quantitative estimate of drug-likeness (QED) is 0.597. The molecule has 0 aromatic heterocycles. The van der Waals surface area contributed by atoms with E-state index in [1.807, 2.05) is 13.8 Å². The number of nitrogens with one attached hydrogen (secondary N) is 1. The maximum atomic E-state index is 8.64. The van der Waals surface area contributed by atoms with Gasteiger partial charge in [0.1, 0.15) is 0 Å². The van der Waals surface area contributed by atoms with Crippen LogP contribution in [0.4, 0.5) is 0 Å².